The number of carbonyl (C=O) groups is 1. The average Bonchev–Trinajstić information content (AvgIpc) is 2.86. The van der Waals surface area contributed by atoms with E-state index in [-0.39, 0.29) is 18.0 Å². The number of nitrogens with one attached hydrogen (secondary N) is 1. The molecule has 178 valence electrons. The molecule has 0 bridgehead atoms. The predicted molar refractivity (Wildman–Crippen MR) is 132 cm³/mol. The highest BCUT2D eigenvalue weighted by atomic mass is 16.2. The van der Waals surface area contributed by atoms with E-state index in [2.05, 4.69) is 20.2 Å². The quantitative estimate of drug-likeness (QED) is 0.624. The predicted octanol–water partition coefficient (Wildman–Crippen LogP) is 2.59. The van der Waals surface area contributed by atoms with Crippen LogP contribution in [0.2, 0.25) is 0 Å². The van der Waals surface area contributed by atoms with E-state index in [1.807, 2.05) is 30.0 Å². The molecular formula is C25H31N7O2. The maximum absolute atomic E-state index is 12.9. The van der Waals surface area contributed by atoms with Gasteiger partial charge in [-0.05, 0) is 31.9 Å². The highest BCUT2D eigenvalue weighted by molar-refractivity contribution is 5.79. The first-order valence-electron chi connectivity index (χ1n) is 12.2. The van der Waals surface area contributed by atoms with Crippen molar-refractivity contribution in [2.24, 2.45) is 0 Å². The molecule has 2 aromatic heterocycles. The zero-order chi connectivity index (χ0) is 23.5. The molecule has 1 saturated heterocycles. The van der Waals surface area contributed by atoms with Gasteiger partial charge in [-0.2, -0.15) is 4.98 Å². The molecule has 1 saturated carbocycles. The molecule has 1 aliphatic heterocycles. The summed E-state index contributed by atoms with van der Waals surface area (Å²) in [7, 11) is 0. The van der Waals surface area contributed by atoms with Crippen LogP contribution in [0.3, 0.4) is 0 Å². The Balaban J connectivity index is 1.21. The van der Waals surface area contributed by atoms with Gasteiger partial charge in [0.1, 0.15) is 12.4 Å². The standard InChI is InChI=1S/C25H31N7O2/c1-18-15-22(29-25(27-18)28-19-7-3-2-4-8-19)30-11-13-31(14-12-30)23(33)16-32-17-26-21-10-6-5-9-20(21)24(32)34/h5-6,9-10,15,17,19H,2-4,7-8,11-14,16H2,1H3,(H,27,28,29). The number of anilines is 2. The lowest BCUT2D eigenvalue weighted by atomic mass is 9.96. The fraction of sp³-hybridized carbons (Fsp3) is 0.480. The number of carbonyl (C=O) groups excluding carboxylic acids is 1. The van der Waals surface area contributed by atoms with Gasteiger partial charge in [0.15, 0.2) is 0 Å². The Kier molecular flexibility index (Phi) is 6.42. The number of aryl methyl sites for hydroxylation is 1. The lowest BCUT2D eigenvalue weighted by molar-refractivity contribution is -0.132. The van der Waals surface area contributed by atoms with Crippen molar-refractivity contribution in [2.45, 2.75) is 51.6 Å². The van der Waals surface area contributed by atoms with Crippen molar-refractivity contribution in [1.82, 2.24) is 24.4 Å². The Hall–Kier alpha value is -3.49. The fourth-order valence-electron chi connectivity index (χ4n) is 4.86. The number of fused-ring (bicyclic) bond motifs is 1. The van der Waals surface area contributed by atoms with Crippen LogP contribution in [-0.4, -0.2) is 62.5 Å². The summed E-state index contributed by atoms with van der Waals surface area (Å²) in [4.78, 5) is 43.3. The SMILES string of the molecule is Cc1cc(N2CCN(C(=O)Cn3cnc4ccccc4c3=O)CC2)nc(NC2CCCCC2)n1. The molecule has 3 heterocycles. The molecule has 2 aliphatic rings. The molecule has 1 aromatic carbocycles. The first-order valence-corrected chi connectivity index (χ1v) is 12.2. The van der Waals surface area contributed by atoms with Crippen molar-refractivity contribution in [3.05, 3.63) is 52.7 Å². The van der Waals surface area contributed by atoms with Crippen molar-refractivity contribution in [2.75, 3.05) is 36.4 Å². The monoisotopic (exact) mass is 461 g/mol. The summed E-state index contributed by atoms with van der Waals surface area (Å²) in [6.07, 6.45) is 7.63. The first-order chi connectivity index (χ1) is 16.6. The minimum absolute atomic E-state index is 0.00125. The summed E-state index contributed by atoms with van der Waals surface area (Å²) in [6.45, 7) is 4.54. The summed E-state index contributed by atoms with van der Waals surface area (Å²) >= 11 is 0. The summed E-state index contributed by atoms with van der Waals surface area (Å²) in [5.74, 6) is 1.52. The summed E-state index contributed by atoms with van der Waals surface area (Å²) in [6, 6.07) is 9.65. The lowest BCUT2D eigenvalue weighted by Gasteiger charge is -2.35. The Bertz CT molecular complexity index is 1230. The van der Waals surface area contributed by atoms with Gasteiger partial charge in [-0.3, -0.25) is 14.2 Å². The molecule has 1 amide bonds. The van der Waals surface area contributed by atoms with Gasteiger partial charge in [0.2, 0.25) is 11.9 Å². The molecule has 2 fully saturated rings. The third-order valence-corrected chi connectivity index (χ3v) is 6.77. The van der Waals surface area contributed by atoms with Crippen LogP contribution >= 0.6 is 0 Å². The number of amides is 1. The van der Waals surface area contributed by atoms with Gasteiger partial charge in [0.25, 0.3) is 5.56 Å². The Morgan fingerprint density at radius 3 is 2.62 bits per heavy atom. The normalized spacial score (nSPS) is 17.2. The number of rotatable bonds is 5. The van der Waals surface area contributed by atoms with E-state index in [4.69, 9.17) is 4.98 Å². The highest BCUT2D eigenvalue weighted by Gasteiger charge is 2.23. The second-order valence-electron chi connectivity index (χ2n) is 9.23. The number of para-hydroxylation sites is 1. The van der Waals surface area contributed by atoms with E-state index in [0.29, 0.717) is 49.1 Å². The Morgan fingerprint density at radius 2 is 1.82 bits per heavy atom. The number of aromatic nitrogens is 4. The highest BCUT2D eigenvalue weighted by Crippen LogP contribution is 2.22. The van der Waals surface area contributed by atoms with Crippen molar-refractivity contribution >= 4 is 28.6 Å². The first kappa shape index (κ1) is 22.3. The second-order valence-corrected chi connectivity index (χ2v) is 9.23. The maximum atomic E-state index is 12.9. The van der Waals surface area contributed by atoms with E-state index < -0.39 is 0 Å². The van der Waals surface area contributed by atoms with Crippen LogP contribution in [0.1, 0.15) is 37.8 Å². The number of hydrogen-bond donors (Lipinski definition) is 1. The van der Waals surface area contributed by atoms with Crippen molar-refractivity contribution in [3.63, 3.8) is 0 Å². The van der Waals surface area contributed by atoms with E-state index in [0.717, 1.165) is 11.5 Å². The third kappa shape index (κ3) is 4.88. The molecule has 9 nitrogen and oxygen atoms in total. The van der Waals surface area contributed by atoms with Crippen LogP contribution in [0.15, 0.2) is 41.5 Å². The zero-order valence-electron chi connectivity index (χ0n) is 19.6. The number of benzene rings is 1. The molecule has 9 heteroatoms. The lowest BCUT2D eigenvalue weighted by Crippen LogP contribution is -2.50. The van der Waals surface area contributed by atoms with Crippen molar-refractivity contribution in [1.29, 1.82) is 0 Å². The fourth-order valence-corrected chi connectivity index (χ4v) is 4.86. The van der Waals surface area contributed by atoms with Gasteiger partial charge < -0.3 is 15.1 Å². The molecule has 3 aromatic rings. The summed E-state index contributed by atoms with van der Waals surface area (Å²) < 4.78 is 1.40. The van der Waals surface area contributed by atoms with Gasteiger partial charge in [-0.25, -0.2) is 9.97 Å². The zero-order valence-corrected chi connectivity index (χ0v) is 19.6. The Labute approximate surface area is 198 Å². The van der Waals surface area contributed by atoms with Crippen LogP contribution in [0.4, 0.5) is 11.8 Å². The van der Waals surface area contributed by atoms with Crippen molar-refractivity contribution < 1.29 is 4.79 Å². The number of nitrogens with zero attached hydrogens (tertiary/aromatic N) is 6. The van der Waals surface area contributed by atoms with E-state index in [9.17, 15) is 9.59 Å². The van der Waals surface area contributed by atoms with Crippen LogP contribution in [0.25, 0.3) is 10.9 Å². The summed E-state index contributed by atoms with van der Waals surface area (Å²) in [5, 5.41) is 4.05. The molecule has 1 aliphatic carbocycles. The molecule has 0 spiro atoms. The van der Waals surface area contributed by atoms with Gasteiger partial charge in [-0.15, -0.1) is 0 Å². The second kappa shape index (κ2) is 9.79. The molecule has 0 radical (unpaired) electrons. The number of hydrogen-bond acceptors (Lipinski definition) is 7. The van der Waals surface area contributed by atoms with Crippen molar-refractivity contribution in [3.8, 4) is 0 Å². The molecular weight excluding hydrogens is 430 g/mol. The minimum Gasteiger partial charge on any atom is -0.353 e. The van der Waals surface area contributed by atoms with Crippen LogP contribution < -0.4 is 15.8 Å². The largest absolute Gasteiger partial charge is 0.353 e. The molecule has 5 rings (SSSR count). The van der Waals surface area contributed by atoms with Gasteiger partial charge in [0.05, 0.1) is 17.2 Å². The third-order valence-electron chi connectivity index (χ3n) is 6.77. The van der Waals surface area contributed by atoms with Gasteiger partial charge in [-0.1, -0.05) is 31.4 Å². The van der Waals surface area contributed by atoms with Gasteiger partial charge in [0, 0.05) is 44.0 Å². The topological polar surface area (TPSA) is 96.3 Å². The molecule has 0 atom stereocenters. The maximum Gasteiger partial charge on any atom is 0.261 e. The Morgan fingerprint density at radius 1 is 1.06 bits per heavy atom. The molecule has 1 N–H and O–H groups in total. The van der Waals surface area contributed by atoms with E-state index in [1.54, 1.807) is 12.1 Å². The number of piperazine rings is 1. The van der Waals surface area contributed by atoms with Gasteiger partial charge >= 0.3 is 0 Å². The van der Waals surface area contributed by atoms with E-state index in [1.165, 1.54) is 43.0 Å². The van der Waals surface area contributed by atoms with Crippen LogP contribution in [0, 0.1) is 6.92 Å². The molecule has 34 heavy (non-hydrogen) atoms. The smallest absolute Gasteiger partial charge is 0.261 e. The van der Waals surface area contributed by atoms with E-state index >= 15 is 0 Å². The summed E-state index contributed by atoms with van der Waals surface area (Å²) in [5.41, 5.74) is 1.39. The van der Waals surface area contributed by atoms with Crippen LogP contribution in [0.5, 0.6) is 0 Å². The van der Waals surface area contributed by atoms with Crippen LogP contribution in [-0.2, 0) is 11.3 Å². The molecule has 0 unspecified atom stereocenters. The average molecular weight is 462 g/mol. The minimum atomic E-state index is -0.188.